The van der Waals surface area contributed by atoms with Crippen LogP contribution < -0.4 is 0 Å². The third-order valence-corrected chi connectivity index (χ3v) is 6.25. The summed E-state index contributed by atoms with van der Waals surface area (Å²) in [5, 5.41) is 0. The maximum atomic E-state index is 12.3. The van der Waals surface area contributed by atoms with Crippen LogP contribution in [0.4, 0.5) is 0 Å². The second-order valence-electron chi connectivity index (χ2n) is 9.47. The molecule has 0 amide bonds. The van der Waals surface area contributed by atoms with Gasteiger partial charge in [-0.25, -0.2) is 0 Å². The van der Waals surface area contributed by atoms with E-state index in [4.69, 9.17) is 4.74 Å². The smallest absolute Gasteiger partial charge is 0.306 e. The predicted molar refractivity (Wildman–Crippen MR) is 80.3 cm³/mol. The van der Waals surface area contributed by atoms with E-state index in [1.54, 1.807) is 0 Å². The van der Waals surface area contributed by atoms with Gasteiger partial charge in [-0.2, -0.15) is 0 Å². The summed E-state index contributed by atoms with van der Waals surface area (Å²) < 4.78 is 6.17. The van der Waals surface area contributed by atoms with Gasteiger partial charge in [-0.1, -0.05) is 34.6 Å². The molecule has 20 heavy (non-hydrogen) atoms. The largest absolute Gasteiger partial charge is 0.458 e. The van der Waals surface area contributed by atoms with Crippen LogP contribution in [0.25, 0.3) is 0 Å². The molecule has 4 fully saturated rings. The molecule has 2 heteroatoms. The van der Waals surface area contributed by atoms with E-state index in [0.29, 0.717) is 23.2 Å². The molecule has 0 radical (unpaired) electrons. The van der Waals surface area contributed by atoms with E-state index in [0.717, 1.165) is 19.3 Å². The van der Waals surface area contributed by atoms with Crippen LogP contribution >= 0.6 is 0 Å². The molecule has 4 aliphatic rings. The van der Waals surface area contributed by atoms with Crippen molar-refractivity contribution < 1.29 is 9.53 Å². The third-order valence-electron chi connectivity index (χ3n) is 6.25. The molecule has 4 saturated carbocycles. The van der Waals surface area contributed by atoms with Gasteiger partial charge in [0, 0.05) is 11.8 Å². The topological polar surface area (TPSA) is 26.3 Å². The van der Waals surface area contributed by atoms with Crippen molar-refractivity contribution in [3.63, 3.8) is 0 Å². The molecule has 114 valence electrons. The van der Waals surface area contributed by atoms with Gasteiger partial charge in [-0.05, 0) is 55.3 Å². The van der Waals surface area contributed by atoms with E-state index in [-0.39, 0.29) is 17.0 Å². The number of ether oxygens (including phenoxy) is 1. The number of hydrogen-bond donors (Lipinski definition) is 0. The van der Waals surface area contributed by atoms with Crippen molar-refractivity contribution in [3.8, 4) is 0 Å². The standard InChI is InChI=1S/C18H30O2/c1-13(2)6-7-14(19)20-18-11-15(3)8-16(4,12-18)10-17(18,5)9-15/h13H,6-12H2,1-5H3. The van der Waals surface area contributed by atoms with Crippen molar-refractivity contribution in [1.82, 2.24) is 0 Å². The van der Waals surface area contributed by atoms with E-state index in [9.17, 15) is 4.79 Å². The summed E-state index contributed by atoms with van der Waals surface area (Å²) in [4.78, 5) is 12.3. The van der Waals surface area contributed by atoms with E-state index in [2.05, 4.69) is 34.6 Å². The average molecular weight is 278 g/mol. The SMILES string of the molecule is CC(C)CCC(=O)OC12CC3(C)CC(C)(CC1(C)C3)C2. The Kier molecular flexibility index (Phi) is 2.89. The molecule has 4 aliphatic carbocycles. The Morgan fingerprint density at radius 2 is 1.55 bits per heavy atom. The lowest BCUT2D eigenvalue weighted by molar-refractivity contribution is -0.170. The van der Waals surface area contributed by atoms with Crippen molar-refractivity contribution in [3.05, 3.63) is 0 Å². The van der Waals surface area contributed by atoms with Gasteiger partial charge in [-0.15, -0.1) is 0 Å². The lowest BCUT2D eigenvalue weighted by Crippen LogP contribution is -2.43. The van der Waals surface area contributed by atoms with Gasteiger partial charge >= 0.3 is 5.97 Å². The molecule has 4 rings (SSSR count). The summed E-state index contributed by atoms with van der Waals surface area (Å²) >= 11 is 0. The Hall–Kier alpha value is -0.530. The summed E-state index contributed by atoms with van der Waals surface area (Å²) in [5.74, 6) is 0.613. The van der Waals surface area contributed by atoms with Crippen LogP contribution in [0.15, 0.2) is 0 Å². The highest BCUT2D eigenvalue weighted by Crippen LogP contribution is 2.77. The summed E-state index contributed by atoms with van der Waals surface area (Å²) in [7, 11) is 0. The van der Waals surface area contributed by atoms with Crippen LogP contribution in [0, 0.1) is 22.2 Å². The normalized spacial score (nSPS) is 49.1. The van der Waals surface area contributed by atoms with Crippen LogP contribution in [0.5, 0.6) is 0 Å². The molecule has 0 N–H and O–H groups in total. The molecule has 0 aromatic heterocycles. The molecular weight excluding hydrogens is 248 g/mol. The summed E-state index contributed by atoms with van der Waals surface area (Å²) in [6.07, 6.45) is 7.53. The number of carbonyl (C=O) groups is 1. The fourth-order valence-electron chi connectivity index (χ4n) is 6.41. The Bertz CT molecular complexity index is 419. The van der Waals surface area contributed by atoms with Crippen LogP contribution in [0.2, 0.25) is 0 Å². The zero-order chi connectivity index (χ0) is 14.8. The van der Waals surface area contributed by atoms with Crippen molar-refractivity contribution in [2.45, 2.75) is 85.2 Å². The highest BCUT2D eigenvalue weighted by molar-refractivity contribution is 5.70. The minimum absolute atomic E-state index is 0.0420. The van der Waals surface area contributed by atoms with Crippen LogP contribution in [0.3, 0.4) is 0 Å². The first kappa shape index (κ1) is 14.4. The van der Waals surface area contributed by atoms with Crippen molar-refractivity contribution in [2.24, 2.45) is 22.2 Å². The summed E-state index contributed by atoms with van der Waals surface area (Å²) in [6, 6.07) is 0. The first-order valence-corrected chi connectivity index (χ1v) is 8.31. The quantitative estimate of drug-likeness (QED) is 0.696. The van der Waals surface area contributed by atoms with E-state index in [1.165, 1.54) is 19.3 Å². The van der Waals surface area contributed by atoms with Gasteiger partial charge in [-0.3, -0.25) is 4.79 Å². The van der Waals surface area contributed by atoms with Gasteiger partial charge in [0.1, 0.15) is 5.60 Å². The van der Waals surface area contributed by atoms with E-state index in [1.807, 2.05) is 0 Å². The maximum absolute atomic E-state index is 12.3. The highest BCUT2D eigenvalue weighted by atomic mass is 16.6. The molecular formula is C18H30O2. The van der Waals surface area contributed by atoms with Gasteiger partial charge < -0.3 is 4.74 Å². The number of hydrogen-bond acceptors (Lipinski definition) is 2. The third kappa shape index (κ3) is 2.02. The second-order valence-corrected chi connectivity index (χ2v) is 9.47. The van der Waals surface area contributed by atoms with Gasteiger partial charge in [0.15, 0.2) is 0 Å². The summed E-state index contributed by atoms with van der Waals surface area (Å²) in [5.41, 5.74) is 0.877. The fraction of sp³-hybridized carbons (Fsp3) is 0.944. The molecule has 2 nitrogen and oxygen atoms in total. The minimum atomic E-state index is -0.150. The first-order valence-electron chi connectivity index (χ1n) is 8.31. The Balaban J connectivity index is 1.77. The maximum Gasteiger partial charge on any atom is 0.306 e. The van der Waals surface area contributed by atoms with Crippen LogP contribution in [-0.4, -0.2) is 11.6 Å². The van der Waals surface area contributed by atoms with E-state index < -0.39 is 0 Å². The Labute approximate surface area is 123 Å². The fourth-order valence-corrected chi connectivity index (χ4v) is 6.41. The van der Waals surface area contributed by atoms with Crippen LogP contribution in [0.1, 0.15) is 79.6 Å². The van der Waals surface area contributed by atoms with Crippen molar-refractivity contribution >= 4 is 5.97 Å². The molecule has 2 atom stereocenters. The lowest BCUT2D eigenvalue weighted by Gasteiger charge is -2.44. The number of rotatable bonds is 4. The van der Waals surface area contributed by atoms with Gasteiger partial charge in [0.05, 0.1) is 0 Å². The highest BCUT2D eigenvalue weighted by Gasteiger charge is 2.73. The Morgan fingerprint density at radius 3 is 2.05 bits per heavy atom. The monoisotopic (exact) mass is 278 g/mol. The molecule has 0 heterocycles. The van der Waals surface area contributed by atoms with Gasteiger partial charge in [0.25, 0.3) is 0 Å². The minimum Gasteiger partial charge on any atom is -0.458 e. The average Bonchev–Trinajstić information content (AvgIpc) is 2.46. The molecule has 0 saturated heterocycles. The van der Waals surface area contributed by atoms with E-state index >= 15 is 0 Å². The van der Waals surface area contributed by atoms with Crippen molar-refractivity contribution in [2.75, 3.05) is 0 Å². The molecule has 2 unspecified atom stereocenters. The molecule has 4 bridgehead atoms. The number of esters is 1. The first-order chi connectivity index (χ1) is 9.10. The van der Waals surface area contributed by atoms with Gasteiger partial charge in [0.2, 0.25) is 0 Å². The number of carbonyl (C=O) groups excluding carboxylic acids is 1. The lowest BCUT2D eigenvalue weighted by atomic mass is 9.61. The predicted octanol–water partition coefficient (Wildman–Crippen LogP) is 4.71. The zero-order valence-corrected chi connectivity index (χ0v) is 13.8. The molecule has 0 aliphatic heterocycles. The van der Waals surface area contributed by atoms with Crippen LogP contribution in [-0.2, 0) is 9.53 Å². The Morgan fingerprint density at radius 1 is 1.00 bits per heavy atom. The molecule has 0 spiro atoms. The zero-order valence-electron chi connectivity index (χ0n) is 13.8. The van der Waals surface area contributed by atoms with Crippen molar-refractivity contribution in [1.29, 1.82) is 0 Å². The second kappa shape index (κ2) is 4.01. The molecule has 0 aromatic carbocycles. The summed E-state index contributed by atoms with van der Waals surface area (Å²) in [6.45, 7) is 11.5. The molecule has 0 aromatic rings.